The van der Waals surface area contributed by atoms with E-state index in [0.29, 0.717) is 11.3 Å². The molecule has 1 saturated heterocycles. The van der Waals surface area contributed by atoms with Gasteiger partial charge in [-0.05, 0) is 55.3 Å². The maximum Gasteiger partial charge on any atom is 0.0376 e. The van der Waals surface area contributed by atoms with Crippen LogP contribution in [0.1, 0.15) is 51.5 Å². The van der Waals surface area contributed by atoms with Crippen LogP contribution in [-0.2, 0) is 0 Å². The Morgan fingerprint density at radius 2 is 1.95 bits per heavy atom. The van der Waals surface area contributed by atoms with E-state index in [1.54, 1.807) is 0 Å². The average Bonchev–Trinajstić information content (AvgIpc) is 2.68. The molecular formula is C19H30N2. The Kier molecular flexibility index (Phi) is 4.26. The van der Waals surface area contributed by atoms with Gasteiger partial charge in [0.25, 0.3) is 0 Å². The largest absolute Gasteiger partial charge is 0.384 e. The van der Waals surface area contributed by atoms with E-state index in [9.17, 15) is 0 Å². The Bertz CT molecular complexity index is 475. The van der Waals surface area contributed by atoms with Gasteiger partial charge in [-0.25, -0.2) is 0 Å². The van der Waals surface area contributed by atoms with Crippen LogP contribution in [0.5, 0.6) is 0 Å². The molecule has 1 fully saturated rings. The molecule has 0 amide bonds. The van der Waals surface area contributed by atoms with E-state index in [2.05, 4.69) is 55.3 Å². The first-order valence-electron chi connectivity index (χ1n) is 8.59. The monoisotopic (exact) mass is 286 g/mol. The summed E-state index contributed by atoms with van der Waals surface area (Å²) in [7, 11) is 0. The van der Waals surface area contributed by atoms with Gasteiger partial charge in [0.1, 0.15) is 0 Å². The quantitative estimate of drug-likeness (QED) is 0.870. The van der Waals surface area contributed by atoms with E-state index < -0.39 is 0 Å². The average molecular weight is 286 g/mol. The zero-order chi connectivity index (χ0) is 14.9. The third-order valence-corrected chi connectivity index (χ3v) is 5.46. The molecule has 2 aliphatic rings. The second-order valence-corrected chi connectivity index (χ2v) is 7.96. The molecule has 2 heteroatoms. The highest BCUT2D eigenvalue weighted by molar-refractivity contribution is 5.57. The molecular weight excluding hydrogens is 256 g/mol. The molecule has 1 aromatic carbocycles. The molecule has 2 atom stereocenters. The van der Waals surface area contributed by atoms with E-state index in [0.717, 1.165) is 12.5 Å². The van der Waals surface area contributed by atoms with Crippen molar-refractivity contribution in [1.82, 2.24) is 4.90 Å². The van der Waals surface area contributed by atoms with Crippen molar-refractivity contribution < 1.29 is 0 Å². The molecule has 0 aromatic heterocycles. The summed E-state index contributed by atoms with van der Waals surface area (Å²) in [5, 5.41) is 3.56. The van der Waals surface area contributed by atoms with Gasteiger partial charge in [-0.2, -0.15) is 0 Å². The van der Waals surface area contributed by atoms with Gasteiger partial charge in [0, 0.05) is 24.7 Å². The Morgan fingerprint density at radius 3 is 2.76 bits per heavy atom. The first kappa shape index (κ1) is 14.9. The molecule has 2 unspecified atom stereocenters. The van der Waals surface area contributed by atoms with Crippen LogP contribution in [0.25, 0.3) is 0 Å². The van der Waals surface area contributed by atoms with Crippen LogP contribution in [0.2, 0.25) is 0 Å². The highest BCUT2D eigenvalue weighted by Crippen LogP contribution is 2.36. The number of nitrogens with zero attached hydrogens (tertiary/aromatic N) is 1. The number of hydrogen-bond donors (Lipinski definition) is 1. The number of hydrogen-bond acceptors (Lipinski definition) is 2. The van der Waals surface area contributed by atoms with Crippen molar-refractivity contribution in [3.05, 3.63) is 29.8 Å². The lowest BCUT2D eigenvalue weighted by Crippen LogP contribution is -2.31. The molecule has 2 heterocycles. The smallest absolute Gasteiger partial charge is 0.0376 e. The van der Waals surface area contributed by atoms with Crippen LogP contribution in [0, 0.1) is 11.3 Å². The second-order valence-electron chi connectivity index (χ2n) is 7.96. The van der Waals surface area contributed by atoms with E-state index in [1.807, 2.05) is 0 Å². The predicted octanol–water partition coefficient (Wildman–Crippen LogP) is 4.34. The van der Waals surface area contributed by atoms with Crippen molar-refractivity contribution in [2.75, 3.05) is 31.5 Å². The fraction of sp³-hybridized carbons (Fsp3) is 0.684. The van der Waals surface area contributed by atoms with Crippen LogP contribution in [0.4, 0.5) is 5.69 Å². The fourth-order valence-corrected chi connectivity index (χ4v) is 4.04. The maximum absolute atomic E-state index is 3.56. The SMILES string of the molecule is CC(C)(C)C1CCCN(CC2CNc3ccccc32)CC1. The van der Waals surface area contributed by atoms with Gasteiger partial charge in [0.15, 0.2) is 0 Å². The van der Waals surface area contributed by atoms with Gasteiger partial charge in [-0.15, -0.1) is 0 Å². The molecule has 21 heavy (non-hydrogen) atoms. The third kappa shape index (κ3) is 3.42. The second kappa shape index (κ2) is 6.00. The van der Waals surface area contributed by atoms with Crippen molar-refractivity contribution in [1.29, 1.82) is 0 Å². The van der Waals surface area contributed by atoms with E-state index >= 15 is 0 Å². The molecule has 0 saturated carbocycles. The van der Waals surface area contributed by atoms with Gasteiger partial charge in [0.2, 0.25) is 0 Å². The summed E-state index contributed by atoms with van der Waals surface area (Å²) in [6.45, 7) is 12.1. The number of benzene rings is 1. The molecule has 116 valence electrons. The lowest BCUT2D eigenvalue weighted by atomic mass is 9.77. The van der Waals surface area contributed by atoms with E-state index in [4.69, 9.17) is 0 Å². The number of fused-ring (bicyclic) bond motifs is 1. The lowest BCUT2D eigenvalue weighted by molar-refractivity contribution is 0.206. The molecule has 2 nitrogen and oxygen atoms in total. The van der Waals surface area contributed by atoms with Crippen LogP contribution in [0.3, 0.4) is 0 Å². The number of rotatable bonds is 2. The minimum atomic E-state index is 0.470. The van der Waals surface area contributed by atoms with Gasteiger partial charge >= 0.3 is 0 Å². The topological polar surface area (TPSA) is 15.3 Å². The van der Waals surface area contributed by atoms with E-state index in [1.165, 1.54) is 50.1 Å². The van der Waals surface area contributed by atoms with Crippen LogP contribution in [0.15, 0.2) is 24.3 Å². The Hall–Kier alpha value is -1.02. The van der Waals surface area contributed by atoms with Crippen molar-refractivity contribution in [3.63, 3.8) is 0 Å². The summed E-state index contributed by atoms with van der Waals surface area (Å²) >= 11 is 0. The molecule has 1 aromatic rings. The van der Waals surface area contributed by atoms with Crippen molar-refractivity contribution in [3.8, 4) is 0 Å². The standard InChI is InChI=1S/C19H30N2/c1-19(2,3)16-7-6-11-21(12-10-16)14-15-13-20-18-9-5-4-8-17(15)18/h4-5,8-9,15-16,20H,6-7,10-14H2,1-3H3. The van der Waals surface area contributed by atoms with E-state index in [-0.39, 0.29) is 0 Å². The zero-order valence-corrected chi connectivity index (χ0v) is 13.9. The maximum atomic E-state index is 3.56. The summed E-state index contributed by atoms with van der Waals surface area (Å²) in [5.74, 6) is 1.56. The minimum absolute atomic E-state index is 0.470. The van der Waals surface area contributed by atoms with Gasteiger partial charge in [-0.1, -0.05) is 39.0 Å². The summed E-state index contributed by atoms with van der Waals surface area (Å²) in [4.78, 5) is 2.71. The van der Waals surface area contributed by atoms with Gasteiger partial charge in [-0.3, -0.25) is 0 Å². The molecule has 1 N–H and O–H groups in total. The molecule has 0 radical (unpaired) electrons. The first-order chi connectivity index (χ1) is 10.0. The van der Waals surface area contributed by atoms with Crippen molar-refractivity contribution in [2.24, 2.45) is 11.3 Å². The predicted molar refractivity (Wildman–Crippen MR) is 90.9 cm³/mol. The summed E-state index contributed by atoms with van der Waals surface area (Å²) < 4.78 is 0. The number of likely N-dealkylation sites (tertiary alicyclic amines) is 1. The van der Waals surface area contributed by atoms with Gasteiger partial charge < -0.3 is 10.2 Å². The summed E-state index contributed by atoms with van der Waals surface area (Å²) in [5.41, 5.74) is 3.34. The normalized spacial score (nSPS) is 27.0. The van der Waals surface area contributed by atoms with Crippen molar-refractivity contribution >= 4 is 5.69 Å². The lowest BCUT2D eigenvalue weighted by Gasteiger charge is -2.30. The molecule has 2 aliphatic heterocycles. The Balaban J connectivity index is 1.60. The molecule has 0 aliphatic carbocycles. The Morgan fingerprint density at radius 1 is 1.14 bits per heavy atom. The Labute approximate surface area is 129 Å². The molecule has 0 spiro atoms. The highest BCUT2D eigenvalue weighted by Gasteiger charge is 2.29. The first-order valence-corrected chi connectivity index (χ1v) is 8.59. The minimum Gasteiger partial charge on any atom is -0.384 e. The van der Waals surface area contributed by atoms with Crippen LogP contribution >= 0.6 is 0 Å². The number of nitrogens with one attached hydrogen (secondary N) is 1. The summed E-state index contributed by atoms with van der Waals surface area (Å²) in [6, 6.07) is 8.83. The number of para-hydroxylation sites is 1. The van der Waals surface area contributed by atoms with Crippen molar-refractivity contribution in [2.45, 2.75) is 46.0 Å². The zero-order valence-electron chi connectivity index (χ0n) is 13.9. The molecule has 3 rings (SSSR count). The summed E-state index contributed by atoms with van der Waals surface area (Å²) in [6.07, 6.45) is 4.13. The highest BCUT2D eigenvalue weighted by atomic mass is 15.1. The molecule has 0 bridgehead atoms. The number of anilines is 1. The van der Waals surface area contributed by atoms with Crippen LogP contribution in [-0.4, -0.2) is 31.1 Å². The van der Waals surface area contributed by atoms with Crippen LogP contribution < -0.4 is 5.32 Å². The third-order valence-electron chi connectivity index (χ3n) is 5.46. The van der Waals surface area contributed by atoms with Gasteiger partial charge in [0.05, 0.1) is 0 Å². The fourth-order valence-electron chi connectivity index (χ4n) is 4.04.